The van der Waals surface area contributed by atoms with Gasteiger partial charge >= 0.3 is 0 Å². The molecule has 0 saturated carbocycles. The van der Waals surface area contributed by atoms with Crippen molar-refractivity contribution in [2.24, 2.45) is 0 Å². The van der Waals surface area contributed by atoms with E-state index in [4.69, 9.17) is 16.3 Å². The summed E-state index contributed by atoms with van der Waals surface area (Å²) in [5, 5.41) is -0.0322. The number of nitrogens with zero attached hydrogens (tertiary/aromatic N) is 2. The van der Waals surface area contributed by atoms with Gasteiger partial charge in [-0.3, -0.25) is 9.69 Å². The van der Waals surface area contributed by atoms with Crippen molar-refractivity contribution in [3.05, 3.63) is 39.7 Å². The van der Waals surface area contributed by atoms with Crippen LogP contribution in [-0.4, -0.2) is 23.8 Å². The van der Waals surface area contributed by atoms with Gasteiger partial charge in [-0.05, 0) is 18.2 Å². The maximum Gasteiger partial charge on any atom is 0.238 e. The van der Waals surface area contributed by atoms with Gasteiger partial charge < -0.3 is 4.74 Å². The lowest BCUT2D eigenvalue weighted by atomic mass is 10.3. The Kier molecular flexibility index (Phi) is 3.87. The Hall–Kier alpha value is -1.24. The van der Waals surface area contributed by atoms with Gasteiger partial charge in [-0.1, -0.05) is 11.6 Å². The summed E-state index contributed by atoms with van der Waals surface area (Å²) in [6.07, 6.45) is 1.66. The average Bonchev–Trinajstić information content (AvgIpc) is 3.05. The first kappa shape index (κ1) is 13.7. The van der Waals surface area contributed by atoms with Crippen LogP contribution in [0, 0.1) is 0 Å². The fraction of sp³-hybridized carbons (Fsp3) is 0.231. The van der Waals surface area contributed by atoms with Gasteiger partial charge in [0.1, 0.15) is 5.37 Å². The molecule has 0 aromatic carbocycles. The number of carbonyl (C=O) groups is 1. The van der Waals surface area contributed by atoms with Crippen LogP contribution < -0.4 is 9.64 Å². The predicted octanol–water partition coefficient (Wildman–Crippen LogP) is 3.58. The standard InChI is InChI=1S/C13H11ClN2O2S2/c1-18-11-5-2-8(6-15-11)16-12(17)7-19-13(16)9-3-4-10(14)20-9/h2-6,13H,7H2,1H3. The van der Waals surface area contributed by atoms with E-state index in [0.717, 1.165) is 14.9 Å². The van der Waals surface area contributed by atoms with Crippen molar-refractivity contribution >= 4 is 46.3 Å². The Labute approximate surface area is 129 Å². The van der Waals surface area contributed by atoms with Gasteiger partial charge in [0.05, 0.1) is 29.1 Å². The zero-order chi connectivity index (χ0) is 14.1. The second-order valence-electron chi connectivity index (χ2n) is 4.13. The van der Waals surface area contributed by atoms with Gasteiger partial charge in [0.2, 0.25) is 11.8 Å². The molecule has 1 aliphatic heterocycles. The van der Waals surface area contributed by atoms with Crippen molar-refractivity contribution in [1.82, 2.24) is 4.98 Å². The quantitative estimate of drug-likeness (QED) is 0.864. The monoisotopic (exact) mass is 326 g/mol. The Bertz CT molecular complexity index is 630. The number of thioether (sulfide) groups is 1. The molecule has 0 radical (unpaired) electrons. The fourth-order valence-electron chi connectivity index (χ4n) is 2.01. The molecule has 7 heteroatoms. The van der Waals surface area contributed by atoms with Gasteiger partial charge in [0, 0.05) is 10.9 Å². The van der Waals surface area contributed by atoms with Crippen LogP contribution >= 0.6 is 34.7 Å². The summed E-state index contributed by atoms with van der Waals surface area (Å²) in [7, 11) is 1.56. The topological polar surface area (TPSA) is 42.4 Å². The molecule has 0 aliphatic carbocycles. The molecular weight excluding hydrogens is 316 g/mol. The molecule has 0 N–H and O–H groups in total. The second-order valence-corrected chi connectivity index (χ2v) is 6.94. The molecule has 0 bridgehead atoms. The number of anilines is 1. The summed E-state index contributed by atoms with van der Waals surface area (Å²) in [5.41, 5.74) is 0.773. The van der Waals surface area contributed by atoms with E-state index >= 15 is 0 Å². The zero-order valence-electron chi connectivity index (χ0n) is 10.6. The first-order valence-corrected chi connectivity index (χ1v) is 8.12. The van der Waals surface area contributed by atoms with Crippen LogP contribution in [-0.2, 0) is 4.79 Å². The maximum absolute atomic E-state index is 12.1. The third-order valence-electron chi connectivity index (χ3n) is 2.91. The highest BCUT2D eigenvalue weighted by molar-refractivity contribution is 8.01. The highest BCUT2D eigenvalue weighted by Crippen LogP contribution is 2.44. The van der Waals surface area contributed by atoms with E-state index in [1.807, 2.05) is 18.2 Å². The van der Waals surface area contributed by atoms with Crippen LogP contribution in [0.15, 0.2) is 30.5 Å². The highest BCUT2D eigenvalue weighted by atomic mass is 35.5. The number of thiophene rings is 1. The summed E-state index contributed by atoms with van der Waals surface area (Å²) in [4.78, 5) is 19.1. The van der Waals surface area contributed by atoms with Crippen molar-refractivity contribution in [3.63, 3.8) is 0 Å². The average molecular weight is 327 g/mol. The molecule has 1 saturated heterocycles. The first-order chi connectivity index (χ1) is 9.69. The third-order valence-corrected chi connectivity index (χ3v) is 5.54. The van der Waals surface area contributed by atoms with E-state index in [1.54, 1.807) is 36.0 Å². The maximum atomic E-state index is 12.1. The number of aromatic nitrogens is 1. The second kappa shape index (κ2) is 5.63. The van der Waals surface area contributed by atoms with Crippen LogP contribution in [0.3, 0.4) is 0 Å². The van der Waals surface area contributed by atoms with E-state index in [9.17, 15) is 4.79 Å². The fourth-order valence-corrected chi connectivity index (χ4v) is 4.46. The number of rotatable bonds is 3. The van der Waals surface area contributed by atoms with Crippen molar-refractivity contribution in [3.8, 4) is 5.88 Å². The van der Waals surface area contributed by atoms with Crippen LogP contribution in [0.1, 0.15) is 10.3 Å². The normalized spacial score (nSPS) is 18.6. The number of halogens is 1. The van der Waals surface area contributed by atoms with E-state index in [2.05, 4.69) is 4.98 Å². The minimum Gasteiger partial charge on any atom is -0.481 e. The number of amides is 1. The smallest absolute Gasteiger partial charge is 0.238 e. The summed E-state index contributed by atoms with van der Waals surface area (Å²) >= 11 is 9.08. The first-order valence-electron chi connectivity index (χ1n) is 5.88. The number of pyridine rings is 1. The van der Waals surface area contributed by atoms with E-state index < -0.39 is 0 Å². The molecule has 1 atom stereocenters. The summed E-state index contributed by atoms with van der Waals surface area (Å²) in [6, 6.07) is 7.42. The molecule has 1 fully saturated rings. The molecule has 3 heterocycles. The molecule has 3 rings (SSSR count). The Balaban J connectivity index is 1.93. The van der Waals surface area contributed by atoms with Crippen LogP contribution in [0.25, 0.3) is 0 Å². The number of carbonyl (C=O) groups excluding carboxylic acids is 1. The van der Waals surface area contributed by atoms with Crippen molar-refractivity contribution < 1.29 is 9.53 Å². The van der Waals surface area contributed by atoms with Gasteiger partial charge in [-0.15, -0.1) is 23.1 Å². The lowest BCUT2D eigenvalue weighted by Crippen LogP contribution is -2.27. The van der Waals surface area contributed by atoms with Crippen molar-refractivity contribution in [2.75, 3.05) is 17.8 Å². The van der Waals surface area contributed by atoms with Crippen molar-refractivity contribution in [2.45, 2.75) is 5.37 Å². The lowest BCUT2D eigenvalue weighted by Gasteiger charge is -2.22. The SMILES string of the molecule is COc1ccc(N2C(=O)CSC2c2ccc(Cl)s2)cn1. The van der Waals surface area contributed by atoms with Crippen LogP contribution in [0.5, 0.6) is 5.88 Å². The predicted molar refractivity (Wildman–Crippen MR) is 82.8 cm³/mol. The minimum atomic E-state index is -0.0322. The molecule has 1 amide bonds. The Morgan fingerprint density at radius 2 is 2.25 bits per heavy atom. The zero-order valence-corrected chi connectivity index (χ0v) is 13.0. The molecule has 1 aliphatic rings. The van der Waals surface area contributed by atoms with Crippen LogP contribution in [0.2, 0.25) is 4.34 Å². The lowest BCUT2D eigenvalue weighted by molar-refractivity contribution is -0.115. The van der Waals surface area contributed by atoms with E-state index in [1.165, 1.54) is 11.3 Å². The molecule has 2 aromatic rings. The number of hydrogen-bond donors (Lipinski definition) is 0. The number of ether oxygens (including phenoxy) is 1. The molecular formula is C13H11ClN2O2S2. The van der Waals surface area contributed by atoms with Crippen LogP contribution in [0.4, 0.5) is 5.69 Å². The summed E-state index contributed by atoms with van der Waals surface area (Å²) < 4.78 is 5.77. The Morgan fingerprint density at radius 3 is 2.85 bits per heavy atom. The third kappa shape index (κ3) is 2.51. The molecule has 0 spiro atoms. The summed E-state index contributed by atoms with van der Waals surface area (Å²) in [6.45, 7) is 0. The van der Waals surface area contributed by atoms with Gasteiger partial charge in [-0.25, -0.2) is 4.98 Å². The largest absolute Gasteiger partial charge is 0.481 e. The molecule has 4 nitrogen and oxygen atoms in total. The molecule has 1 unspecified atom stereocenters. The summed E-state index contributed by atoms with van der Waals surface area (Å²) in [5.74, 6) is 1.08. The number of methoxy groups -OCH3 is 1. The molecule has 20 heavy (non-hydrogen) atoms. The van der Waals surface area contributed by atoms with E-state index in [0.29, 0.717) is 11.6 Å². The van der Waals surface area contributed by atoms with Crippen molar-refractivity contribution in [1.29, 1.82) is 0 Å². The Morgan fingerprint density at radius 1 is 1.40 bits per heavy atom. The van der Waals surface area contributed by atoms with Gasteiger partial charge in [-0.2, -0.15) is 0 Å². The molecule has 2 aromatic heterocycles. The minimum absolute atomic E-state index is 0.0322. The van der Waals surface area contributed by atoms with Gasteiger partial charge in [0.15, 0.2) is 0 Å². The number of hydrogen-bond acceptors (Lipinski definition) is 5. The molecule has 104 valence electrons. The van der Waals surface area contributed by atoms with Gasteiger partial charge in [0.25, 0.3) is 0 Å². The van der Waals surface area contributed by atoms with E-state index in [-0.39, 0.29) is 11.3 Å². The highest BCUT2D eigenvalue weighted by Gasteiger charge is 2.35.